The van der Waals surface area contributed by atoms with E-state index in [1.807, 2.05) is 32.9 Å². The second-order valence-corrected chi connectivity index (χ2v) is 8.32. The van der Waals surface area contributed by atoms with Crippen molar-refractivity contribution in [3.05, 3.63) is 88.6 Å². The van der Waals surface area contributed by atoms with Crippen molar-refractivity contribution in [3.8, 4) is 5.75 Å². The maximum atomic E-state index is 13.2. The third kappa shape index (κ3) is 4.02. The molecular formula is C26H26N2O5. The molecule has 0 saturated carbocycles. The lowest BCUT2D eigenvalue weighted by Gasteiger charge is -2.24. The number of aromatic nitrogens is 1. The molecule has 170 valence electrons. The van der Waals surface area contributed by atoms with Gasteiger partial charge < -0.3 is 19.2 Å². The fraction of sp³-hybridized carbons (Fsp3) is 0.269. The molecule has 1 saturated heterocycles. The van der Waals surface area contributed by atoms with Crippen molar-refractivity contribution in [2.75, 3.05) is 7.11 Å². The van der Waals surface area contributed by atoms with E-state index in [1.165, 1.54) is 11.2 Å². The number of carbonyl (C=O) groups excluding carboxylic acids is 2. The Labute approximate surface area is 192 Å². The quantitative estimate of drug-likeness (QED) is 0.334. The lowest BCUT2D eigenvalue weighted by atomic mass is 9.92. The van der Waals surface area contributed by atoms with Gasteiger partial charge in [0.2, 0.25) is 0 Å². The number of Topliss-reactive ketones (excluding diaryl/α,β-unsaturated/α-hetero) is 1. The molecule has 0 spiro atoms. The first-order valence-electron chi connectivity index (χ1n) is 10.7. The number of carbonyl (C=O) groups is 2. The van der Waals surface area contributed by atoms with Crippen LogP contribution in [0.25, 0.3) is 5.76 Å². The molecule has 1 N–H and O–H groups in total. The van der Waals surface area contributed by atoms with Gasteiger partial charge in [-0.1, -0.05) is 19.9 Å². The molecule has 0 bridgehead atoms. The smallest absolute Gasteiger partial charge is 0.296 e. The van der Waals surface area contributed by atoms with Crippen LogP contribution in [0.2, 0.25) is 0 Å². The van der Waals surface area contributed by atoms with Gasteiger partial charge in [-0.05, 0) is 60.4 Å². The Morgan fingerprint density at radius 1 is 1.21 bits per heavy atom. The number of benzene rings is 1. The van der Waals surface area contributed by atoms with Crippen LogP contribution in [0.15, 0.2) is 64.9 Å². The van der Waals surface area contributed by atoms with Gasteiger partial charge in [-0.2, -0.15) is 0 Å². The summed E-state index contributed by atoms with van der Waals surface area (Å²) in [5.74, 6) is -0.331. The zero-order valence-electron chi connectivity index (χ0n) is 19.0. The fourth-order valence-corrected chi connectivity index (χ4v) is 4.19. The van der Waals surface area contributed by atoms with Gasteiger partial charge in [0.15, 0.2) is 0 Å². The number of methoxy groups -OCH3 is 1. The van der Waals surface area contributed by atoms with E-state index in [-0.39, 0.29) is 23.8 Å². The van der Waals surface area contributed by atoms with Crippen molar-refractivity contribution in [3.63, 3.8) is 0 Å². The highest BCUT2D eigenvalue weighted by atomic mass is 16.5. The summed E-state index contributed by atoms with van der Waals surface area (Å²) in [5, 5.41) is 11.4. The van der Waals surface area contributed by atoms with Crippen LogP contribution in [0.5, 0.6) is 5.75 Å². The van der Waals surface area contributed by atoms with Crippen LogP contribution in [0, 0.1) is 6.92 Å². The lowest BCUT2D eigenvalue weighted by Crippen LogP contribution is -2.29. The third-order valence-electron chi connectivity index (χ3n) is 5.87. The zero-order valence-corrected chi connectivity index (χ0v) is 19.0. The van der Waals surface area contributed by atoms with E-state index in [2.05, 4.69) is 4.98 Å². The number of amides is 1. The minimum Gasteiger partial charge on any atom is -0.507 e. The summed E-state index contributed by atoms with van der Waals surface area (Å²) in [4.78, 5) is 32.0. The average Bonchev–Trinajstić information content (AvgIpc) is 3.41. The zero-order chi connectivity index (χ0) is 23.7. The van der Waals surface area contributed by atoms with E-state index in [4.69, 9.17) is 9.15 Å². The number of hydrogen-bond donors (Lipinski definition) is 1. The van der Waals surface area contributed by atoms with E-state index in [0.29, 0.717) is 22.8 Å². The third-order valence-corrected chi connectivity index (χ3v) is 5.87. The first-order chi connectivity index (χ1) is 15.8. The molecule has 4 rings (SSSR count). The normalized spacial score (nSPS) is 17.7. The van der Waals surface area contributed by atoms with Crippen LogP contribution < -0.4 is 4.74 Å². The molecule has 2 aromatic heterocycles. The van der Waals surface area contributed by atoms with Gasteiger partial charge in [0.05, 0.1) is 31.2 Å². The number of ether oxygens (including phenoxy) is 1. The molecule has 1 unspecified atom stereocenters. The van der Waals surface area contributed by atoms with Crippen molar-refractivity contribution in [2.45, 2.75) is 39.3 Å². The van der Waals surface area contributed by atoms with Gasteiger partial charge >= 0.3 is 0 Å². The number of likely N-dealkylation sites (tertiary alicyclic amines) is 1. The van der Waals surface area contributed by atoms with E-state index in [9.17, 15) is 14.7 Å². The summed E-state index contributed by atoms with van der Waals surface area (Å²) < 4.78 is 10.9. The number of aliphatic hydroxyl groups is 1. The molecule has 3 aromatic rings. The molecule has 1 aliphatic heterocycles. The molecular weight excluding hydrogens is 420 g/mol. The molecule has 0 radical (unpaired) electrons. The number of furan rings is 1. The number of pyridine rings is 1. The summed E-state index contributed by atoms with van der Waals surface area (Å²) in [5.41, 5.74) is 2.60. The minimum atomic E-state index is -0.847. The molecule has 1 aliphatic rings. The summed E-state index contributed by atoms with van der Waals surface area (Å²) in [6.07, 6.45) is 3.10. The highest BCUT2D eigenvalue weighted by Crippen LogP contribution is 2.41. The Morgan fingerprint density at radius 2 is 2.00 bits per heavy atom. The van der Waals surface area contributed by atoms with E-state index in [0.717, 1.165) is 11.1 Å². The van der Waals surface area contributed by atoms with Crippen LogP contribution in [0.4, 0.5) is 0 Å². The highest BCUT2D eigenvalue weighted by Gasteiger charge is 2.47. The maximum Gasteiger partial charge on any atom is 0.296 e. The molecule has 1 aromatic carbocycles. The SMILES string of the molecule is COc1cc(C)c(/C(O)=C2\C(=O)C(=O)N(Cc3ccco3)C2c2ccccn2)cc1C(C)C. The second kappa shape index (κ2) is 8.94. The van der Waals surface area contributed by atoms with Gasteiger partial charge in [0.25, 0.3) is 11.7 Å². The van der Waals surface area contributed by atoms with Crippen molar-refractivity contribution in [1.82, 2.24) is 9.88 Å². The van der Waals surface area contributed by atoms with Crippen molar-refractivity contribution in [2.24, 2.45) is 0 Å². The van der Waals surface area contributed by atoms with Gasteiger partial charge in [-0.3, -0.25) is 14.6 Å². The predicted molar refractivity (Wildman–Crippen MR) is 123 cm³/mol. The van der Waals surface area contributed by atoms with Gasteiger partial charge in [0, 0.05) is 11.8 Å². The van der Waals surface area contributed by atoms with Gasteiger partial charge in [0.1, 0.15) is 23.3 Å². The van der Waals surface area contributed by atoms with Crippen LogP contribution in [-0.2, 0) is 16.1 Å². The van der Waals surface area contributed by atoms with E-state index >= 15 is 0 Å². The molecule has 1 amide bonds. The molecule has 1 fully saturated rings. The summed E-state index contributed by atoms with van der Waals surface area (Å²) in [7, 11) is 1.60. The summed E-state index contributed by atoms with van der Waals surface area (Å²) in [6.45, 7) is 5.95. The van der Waals surface area contributed by atoms with Crippen LogP contribution in [0.1, 0.15) is 54.0 Å². The minimum absolute atomic E-state index is 0.00762. The lowest BCUT2D eigenvalue weighted by molar-refractivity contribution is -0.140. The predicted octanol–water partition coefficient (Wildman–Crippen LogP) is 4.74. The molecule has 7 heteroatoms. The summed E-state index contributed by atoms with van der Waals surface area (Å²) >= 11 is 0. The molecule has 1 atom stereocenters. The van der Waals surface area contributed by atoms with Crippen LogP contribution in [0.3, 0.4) is 0 Å². The van der Waals surface area contributed by atoms with Crippen LogP contribution in [-0.4, -0.2) is 33.8 Å². The number of rotatable bonds is 6. The monoisotopic (exact) mass is 446 g/mol. The fourth-order valence-electron chi connectivity index (χ4n) is 4.19. The topological polar surface area (TPSA) is 92.9 Å². The molecule has 7 nitrogen and oxygen atoms in total. The van der Waals surface area contributed by atoms with Crippen molar-refractivity contribution >= 4 is 17.4 Å². The Bertz CT molecular complexity index is 1210. The van der Waals surface area contributed by atoms with Gasteiger partial charge in [-0.15, -0.1) is 0 Å². The Kier molecular flexibility index (Phi) is 6.05. The number of ketones is 1. The number of nitrogens with zero attached hydrogens (tertiary/aromatic N) is 2. The molecule has 0 aliphatic carbocycles. The van der Waals surface area contributed by atoms with Crippen molar-refractivity contribution < 1.29 is 23.8 Å². The first kappa shape index (κ1) is 22.3. The average molecular weight is 447 g/mol. The molecule has 33 heavy (non-hydrogen) atoms. The number of aryl methyl sites for hydroxylation is 1. The largest absolute Gasteiger partial charge is 0.507 e. The standard InChI is InChI=1S/C26H26N2O5/c1-15(2)18-13-19(16(3)12-21(18)32-4)24(29)22-23(20-9-5-6-10-27-20)28(26(31)25(22)30)14-17-8-7-11-33-17/h5-13,15,23,29H,14H2,1-4H3/b24-22+. The second-order valence-electron chi connectivity index (χ2n) is 8.32. The maximum absolute atomic E-state index is 13.2. The Morgan fingerprint density at radius 3 is 2.61 bits per heavy atom. The van der Waals surface area contributed by atoms with Gasteiger partial charge in [-0.25, -0.2) is 0 Å². The highest BCUT2D eigenvalue weighted by molar-refractivity contribution is 6.46. The Hall–Kier alpha value is -3.87. The van der Waals surface area contributed by atoms with Crippen LogP contribution >= 0.6 is 0 Å². The molecule has 3 heterocycles. The number of aliphatic hydroxyl groups excluding tert-OH is 1. The summed E-state index contributed by atoms with van der Waals surface area (Å²) in [6, 6.07) is 11.5. The van der Waals surface area contributed by atoms with E-state index < -0.39 is 17.7 Å². The Balaban J connectivity index is 1.91. The first-order valence-corrected chi connectivity index (χ1v) is 10.7. The van der Waals surface area contributed by atoms with Crippen molar-refractivity contribution in [1.29, 1.82) is 0 Å². The van der Waals surface area contributed by atoms with E-state index in [1.54, 1.807) is 43.6 Å². The number of hydrogen-bond acceptors (Lipinski definition) is 6.